The molecule has 0 aliphatic carbocycles. The number of aliphatic hydroxyl groups is 2. The topological polar surface area (TPSA) is 258 Å². The van der Waals surface area contributed by atoms with Crippen LogP contribution in [0, 0.1) is 0 Å². The van der Waals surface area contributed by atoms with Crippen LogP contribution >= 0.6 is 7.82 Å². The number of hydrogen-bond donors (Lipinski definition) is 3. The number of imidazole rings is 1. The van der Waals surface area contributed by atoms with Crippen LogP contribution in [-0.2, 0) is 23.4 Å². The molecule has 2 aromatic rings. The van der Waals surface area contributed by atoms with Crippen molar-refractivity contribution in [2.45, 2.75) is 37.0 Å². The van der Waals surface area contributed by atoms with E-state index in [-0.39, 0.29) is 135 Å². The number of aliphatic hydroxyl groups excluding tert-OH is 2. The van der Waals surface area contributed by atoms with E-state index in [0.29, 0.717) is 0 Å². The maximum atomic E-state index is 11.1. The minimum atomic E-state index is -5.34. The number of phosphoric acid groups is 1. The molecular weight excluding hydrogens is 537 g/mol. The Kier molecular flexibility index (Phi) is 18.0. The van der Waals surface area contributed by atoms with Crippen LogP contribution in [-0.4, -0.2) is 72.6 Å². The van der Waals surface area contributed by atoms with Crippen molar-refractivity contribution in [3.05, 3.63) is 12.7 Å². The second-order valence-electron chi connectivity index (χ2n) is 6.43. The van der Waals surface area contributed by atoms with Crippen molar-refractivity contribution in [2.75, 3.05) is 11.9 Å². The second kappa shape index (κ2) is 16.4. The number of aromatic nitrogens is 4. The maximum absolute atomic E-state index is 11.1. The van der Waals surface area contributed by atoms with Gasteiger partial charge in [-0.3, -0.25) is 4.57 Å². The van der Waals surface area contributed by atoms with Crippen molar-refractivity contribution >= 4 is 36.7 Å². The van der Waals surface area contributed by atoms with Crippen LogP contribution in [0.5, 0.6) is 0 Å². The molecule has 0 spiro atoms. The van der Waals surface area contributed by atoms with Crippen molar-refractivity contribution in [3.8, 4) is 0 Å². The summed E-state index contributed by atoms with van der Waals surface area (Å²) in [5.41, 5.74) is -0.0557. The molecule has 1 unspecified atom stereocenters. The first-order valence-electron chi connectivity index (χ1n) is 8.51. The van der Waals surface area contributed by atoms with Crippen LogP contribution in [0.1, 0.15) is 12.6 Å². The van der Waals surface area contributed by atoms with Crippen molar-refractivity contribution in [1.82, 2.24) is 19.5 Å². The Morgan fingerprint density at radius 2 is 1.77 bits per heavy atom. The van der Waals surface area contributed by atoms with E-state index in [9.17, 15) is 44.4 Å². The van der Waals surface area contributed by atoms with E-state index in [1.807, 2.05) is 0 Å². The van der Waals surface area contributed by atoms with Crippen molar-refractivity contribution in [1.29, 1.82) is 0 Å². The van der Waals surface area contributed by atoms with Gasteiger partial charge in [0, 0.05) is 12.4 Å². The fraction of sp³-hybridized carbons (Fsp3) is 0.500. The molecule has 5 atom stereocenters. The molecule has 0 radical (unpaired) electrons. The van der Waals surface area contributed by atoms with Gasteiger partial charge in [0.25, 0.3) is 0 Å². The van der Waals surface area contributed by atoms with Gasteiger partial charge in [0.1, 0.15) is 24.6 Å². The zero-order chi connectivity index (χ0) is 22.9. The molecule has 1 aliphatic rings. The molecule has 0 aromatic carbocycles. The predicted octanol–water partition coefficient (Wildman–Crippen LogP) is -18.0. The number of nitrogens with one attached hydrogen (secondary N) is 1. The summed E-state index contributed by atoms with van der Waals surface area (Å²) >= 11 is 0. The minimum absolute atomic E-state index is 0. The Balaban J connectivity index is 0. The van der Waals surface area contributed by atoms with Gasteiger partial charge >= 0.3 is 118 Å². The van der Waals surface area contributed by atoms with E-state index in [1.54, 1.807) is 0 Å². The molecule has 35 heavy (non-hydrogen) atoms. The first-order chi connectivity index (χ1) is 14.5. The largest absolute Gasteiger partial charge is 1.00 e. The van der Waals surface area contributed by atoms with E-state index < -0.39 is 63.4 Å². The Morgan fingerprint density at radius 1 is 1.14 bits per heavy atom. The summed E-state index contributed by atoms with van der Waals surface area (Å²) in [7, 11) is -5.34. The van der Waals surface area contributed by atoms with Gasteiger partial charge in [0.2, 0.25) is 0 Å². The summed E-state index contributed by atoms with van der Waals surface area (Å²) in [4.78, 5) is 54.8. The van der Waals surface area contributed by atoms with Crippen molar-refractivity contribution < 1.29 is 172 Å². The van der Waals surface area contributed by atoms with Gasteiger partial charge in [0.05, 0.1) is 32.8 Å². The van der Waals surface area contributed by atoms with Gasteiger partial charge in [0.15, 0.2) is 23.2 Å². The number of rotatable bonds is 9. The number of anilines is 1. The molecule has 3 N–H and O–H groups in total. The molecule has 1 aliphatic heterocycles. The van der Waals surface area contributed by atoms with Gasteiger partial charge < -0.3 is 58.9 Å². The predicted molar refractivity (Wildman–Crippen MR) is 86.8 cm³/mol. The summed E-state index contributed by atoms with van der Waals surface area (Å²) in [6.45, 7) is -0.843. The number of carboxylic acids is 2. The van der Waals surface area contributed by atoms with Gasteiger partial charge in [-0.15, -0.1) is 0 Å². The normalized spacial score (nSPS) is 22.1. The van der Waals surface area contributed by atoms with Gasteiger partial charge in [-0.1, -0.05) is 0 Å². The SMILES string of the molecule is O=C([O-])CC(Nc1ncnc2c1ncn2[C@@H]1O[C@H](COP(=O)([O-])[O-])[C@@H](O)[C@H]1O)C(=O)[O-].[Na+].[Na+].[Na+].[Na+]. The maximum Gasteiger partial charge on any atom is 1.00 e. The van der Waals surface area contributed by atoms with E-state index in [2.05, 4.69) is 24.8 Å². The first kappa shape index (κ1) is 38.4. The number of hydrogen-bond acceptors (Lipinski definition) is 15. The third-order valence-corrected chi connectivity index (χ3v) is 4.80. The van der Waals surface area contributed by atoms with Gasteiger partial charge in [-0.05, 0) is 0 Å². The summed E-state index contributed by atoms with van der Waals surface area (Å²) in [6.07, 6.45) is -4.78. The summed E-state index contributed by atoms with van der Waals surface area (Å²) < 4.78 is 21.2. The van der Waals surface area contributed by atoms with Gasteiger partial charge in [-0.2, -0.15) is 0 Å². The standard InChI is InChI=1S/C14H18N5O11P.4Na/c20-7(21)1-5(14(24)25)18-11-8-12(16-3-15-11)19(4-17-8)13-10(23)9(22)6(30-13)2-29-31(26,27)28;;;;/h3-6,9-10,13,22-23H,1-2H2,(H,20,21)(H,24,25)(H,15,16,18)(H2,26,27,28);;;;/q;4*+1/p-4/t5?,6-,9-,10-,13-;;;;/m1..../s1. The molecule has 1 fully saturated rings. The average Bonchev–Trinajstić information content (AvgIpc) is 3.21. The number of ether oxygens (including phenoxy) is 1. The van der Waals surface area contributed by atoms with Crippen LogP contribution in [0.25, 0.3) is 11.2 Å². The molecule has 2 aromatic heterocycles. The molecule has 21 heteroatoms. The van der Waals surface area contributed by atoms with E-state index in [1.165, 1.54) is 0 Å². The smallest absolute Gasteiger partial charge is 0.790 e. The average molecular weight is 551 g/mol. The monoisotopic (exact) mass is 551 g/mol. The van der Waals surface area contributed by atoms with Crippen LogP contribution in [0.4, 0.5) is 5.82 Å². The van der Waals surface area contributed by atoms with Crippen LogP contribution in [0.3, 0.4) is 0 Å². The molecule has 1 saturated heterocycles. The van der Waals surface area contributed by atoms with Crippen molar-refractivity contribution in [2.24, 2.45) is 0 Å². The molecule has 3 heterocycles. The molecule has 0 saturated carbocycles. The first-order valence-corrected chi connectivity index (χ1v) is 9.97. The number of carboxylic acid groups (broad SMARTS) is 2. The molecule has 3 rings (SSSR count). The molecule has 170 valence electrons. The molecule has 0 amide bonds. The Morgan fingerprint density at radius 3 is 2.31 bits per heavy atom. The van der Waals surface area contributed by atoms with Crippen LogP contribution in [0.2, 0.25) is 0 Å². The molecule has 16 nitrogen and oxygen atoms in total. The van der Waals surface area contributed by atoms with E-state index in [4.69, 9.17) is 4.74 Å². The van der Waals surface area contributed by atoms with E-state index in [0.717, 1.165) is 17.2 Å². The number of fused-ring (bicyclic) bond motifs is 1. The number of carbonyl (C=O) groups excluding carboxylic acids is 2. The third-order valence-electron chi connectivity index (χ3n) is 4.33. The van der Waals surface area contributed by atoms with E-state index >= 15 is 0 Å². The van der Waals surface area contributed by atoms with Crippen LogP contribution < -0.4 is 144 Å². The number of nitrogens with zero attached hydrogens (tertiary/aromatic N) is 4. The Hall–Kier alpha value is 1.28. The third kappa shape index (κ3) is 10.1. The molecular formula is C14H14N5Na4O11P. The number of aliphatic carboxylic acids is 2. The minimum Gasteiger partial charge on any atom is -0.790 e. The zero-order valence-electron chi connectivity index (χ0n) is 19.3. The Labute approximate surface area is 286 Å². The fourth-order valence-corrected chi connectivity index (χ4v) is 3.26. The van der Waals surface area contributed by atoms with Crippen molar-refractivity contribution in [3.63, 3.8) is 0 Å². The zero-order valence-corrected chi connectivity index (χ0v) is 28.2. The number of carbonyl (C=O) groups is 2. The fourth-order valence-electron chi connectivity index (χ4n) is 2.93. The summed E-state index contributed by atoms with van der Waals surface area (Å²) in [6, 6.07) is -1.69. The van der Waals surface area contributed by atoms with Gasteiger partial charge in [-0.25, -0.2) is 15.0 Å². The molecule has 0 bridgehead atoms. The quantitative estimate of drug-likeness (QED) is 0.193. The Bertz CT molecular complexity index is 1040. The number of phosphoric ester groups is 1. The van der Waals surface area contributed by atoms with Crippen LogP contribution in [0.15, 0.2) is 12.7 Å². The summed E-state index contributed by atoms with van der Waals surface area (Å²) in [5.74, 6) is -3.56. The second-order valence-corrected chi connectivity index (χ2v) is 7.58. The summed E-state index contributed by atoms with van der Waals surface area (Å²) in [5, 5.41) is 44.5.